The highest BCUT2D eigenvalue weighted by molar-refractivity contribution is 7.83. The molecule has 2 unspecified atom stereocenters. The molecule has 0 saturated carbocycles. The van der Waals surface area contributed by atoms with Gasteiger partial charge in [0, 0.05) is 28.4 Å². The molecule has 0 aliphatic heterocycles. The van der Waals surface area contributed by atoms with E-state index in [9.17, 15) is 9.00 Å². The third-order valence-corrected chi connectivity index (χ3v) is 5.16. The van der Waals surface area contributed by atoms with Crippen molar-refractivity contribution in [1.29, 1.82) is 0 Å². The maximum absolute atomic E-state index is 13.0. The Kier molecular flexibility index (Phi) is 6.61. The van der Waals surface area contributed by atoms with Crippen molar-refractivity contribution in [2.45, 2.75) is 11.8 Å². The summed E-state index contributed by atoms with van der Waals surface area (Å²) in [4.78, 5) is 13.0. The predicted octanol–water partition coefficient (Wildman–Crippen LogP) is 4.09. The number of rotatable bonds is 7. The molecule has 4 nitrogen and oxygen atoms in total. The van der Waals surface area contributed by atoms with Gasteiger partial charge in [0.15, 0.2) is 0 Å². The molecule has 3 rings (SSSR count). The molecule has 0 aliphatic carbocycles. The van der Waals surface area contributed by atoms with Crippen LogP contribution in [0.4, 0.5) is 0 Å². The van der Waals surface area contributed by atoms with E-state index in [0.717, 1.165) is 22.4 Å². The average Bonchev–Trinajstić information content (AvgIpc) is 2.72. The second-order valence-electron chi connectivity index (χ2n) is 6.51. The van der Waals surface area contributed by atoms with Gasteiger partial charge in [-0.2, -0.15) is 0 Å². The summed E-state index contributed by atoms with van der Waals surface area (Å²) in [5.74, 6) is 1.03. The van der Waals surface area contributed by atoms with Gasteiger partial charge in [0.25, 0.3) is 5.91 Å². The van der Waals surface area contributed by atoms with Crippen molar-refractivity contribution < 1.29 is 13.7 Å². The first-order valence-corrected chi connectivity index (χ1v) is 10.7. The van der Waals surface area contributed by atoms with Crippen molar-refractivity contribution in [3.8, 4) is 5.75 Å². The summed E-state index contributed by atoms with van der Waals surface area (Å²) >= 11 is 0. The zero-order valence-corrected chi connectivity index (χ0v) is 16.7. The first-order valence-electron chi connectivity index (χ1n) is 8.95. The van der Waals surface area contributed by atoms with E-state index in [1.807, 2.05) is 66.7 Å². The van der Waals surface area contributed by atoms with Gasteiger partial charge >= 0.3 is 0 Å². The molecule has 0 bridgehead atoms. The standard InChI is InChI=1S/C23H23NO3S/c1-27-21-13-11-19(12-14-21)22(18-8-4-3-5-9-18)24-23(25)20-10-6-7-17(15-20)16-28(2)26/h3-15,22H,16H2,1-2H3,(H,24,25). The number of ether oxygens (including phenoxy) is 1. The minimum absolute atomic E-state index is 0.173. The van der Waals surface area contributed by atoms with Crippen molar-refractivity contribution >= 4 is 16.7 Å². The maximum atomic E-state index is 13.0. The predicted molar refractivity (Wildman–Crippen MR) is 113 cm³/mol. The Morgan fingerprint density at radius 3 is 2.29 bits per heavy atom. The zero-order chi connectivity index (χ0) is 19.9. The highest BCUT2D eigenvalue weighted by Gasteiger charge is 2.18. The molecule has 2 atom stereocenters. The third-order valence-electron chi connectivity index (χ3n) is 4.42. The lowest BCUT2D eigenvalue weighted by Gasteiger charge is -2.20. The smallest absolute Gasteiger partial charge is 0.252 e. The molecule has 0 aromatic heterocycles. The van der Waals surface area contributed by atoms with Crippen LogP contribution in [0.25, 0.3) is 0 Å². The van der Waals surface area contributed by atoms with E-state index < -0.39 is 10.8 Å². The van der Waals surface area contributed by atoms with Gasteiger partial charge in [0.1, 0.15) is 5.75 Å². The van der Waals surface area contributed by atoms with E-state index in [1.165, 1.54) is 0 Å². The van der Waals surface area contributed by atoms with E-state index in [0.29, 0.717) is 11.3 Å². The Labute approximate surface area is 168 Å². The summed E-state index contributed by atoms with van der Waals surface area (Å²) < 4.78 is 16.7. The quantitative estimate of drug-likeness (QED) is 0.658. The summed E-state index contributed by atoms with van der Waals surface area (Å²) in [6.45, 7) is 0. The molecule has 0 heterocycles. The fraction of sp³-hybridized carbons (Fsp3) is 0.174. The van der Waals surface area contributed by atoms with Gasteiger partial charge in [-0.1, -0.05) is 54.6 Å². The molecule has 0 radical (unpaired) electrons. The zero-order valence-electron chi connectivity index (χ0n) is 15.9. The van der Waals surface area contributed by atoms with Crippen molar-refractivity contribution in [3.05, 3.63) is 101 Å². The van der Waals surface area contributed by atoms with Crippen molar-refractivity contribution in [2.24, 2.45) is 0 Å². The van der Waals surface area contributed by atoms with Gasteiger partial charge in [0.2, 0.25) is 0 Å². The monoisotopic (exact) mass is 393 g/mol. The maximum Gasteiger partial charge on any atom is 0.252 e. The number of hydrogen-bond donors (Lipinski definition) is 1. The third kappa shape index (κ3) is 5.08. The number of benzene rings is 3. The van der Waals surface area contributed by atoms with Gasteiger partial charge in [-0.15, -0.1) is 0 Å². The Hall–Kier alpha value is -2.92. The molecule has 5 heteroatoms. The molecule has 144 valence electrons. The van der Waals surface area contributed by atoms with E-state index >= 15 is 0 Å². The molecule has 3 aromatic rings. The molecule has 0 fully saturated rings. The molecule has 0 aliphatic rings. The fourth-order valence-electron chi connectivity index (χ4n) is 3.05. The van der Waals surface area contributed by atoms with E-state index in [4.69, 9.17) is 4.74 Å². The lowest BCUT2D eigenvalue weighted by molar-refractivity contribution is 0.0943. The summed E-state index contributed by atoms with van der Waals surface area (Å²) in [5.41, 5.74) is 3.39. The van der Waals surface area contributed by atoms with E-state index in [-0.39, 0.29) is 11.9 Å². The normalized spacial score (nSPS) is 12.8. The minimum atomic E-state index is -0.955. The summed E-state index contributed by atoms with van der Waals surface area (Å²) in [7, 11) is 0.672. The number of carbonyl (C=O) groups excluding carboxylic acids is 1. The van der Waals surface area contributed by atoms with Crippen LogP contribution in [0.2, 0.25) is 0 Å². The highest BCUT2D eigenvalue weighted by Crippen LogP contribution is 2.24. The number of amides is 1. The number of carbonyl (C=O) groups is 1. The molecule has 1 amide bonds. The van der Waals surface area contributed by atoms with Gasteiger partial charge in [0.05, 0.1) is 13.2 Å². The van der Waals surface area contributed by atoms with Crippen LogP contribution in [0.1, 0.15) is 33.1 Å². The first kappa shape index (κ1) is 19.8. The molecular formula is C23H23NO3S. The van der Waals surface area contributed by atoms with Crippen LogP contribution in [-0.4, -0.2) is 23.5 Å². The van der Waals surface area contributed by atoms with Crippen LogP contribution >= 0.6 is 0 Å². The second kappa shape index (κ2) is 9.33. The largest absolute Gasteiger partial charge is 0.497 e. The number of methoxy groups -OCH3 is 1. The summed E-state index contributed by atoms with van der Waals surface area (Å²) in [6.07, 6.45) is 1.65. The van der Waals surface area contributed by atoms with Crippen molar-refractivity contribution in [1.82, 2.24) is 5.32 Å². The van der Waals surface area contributed by atoms with Crippen LogP contribution < -0.4 is 10.1 Å². The molecule has 28 heavy (non-hydrogen) atoms. The first-order chi connectivity index (χ1) is 13.6. The Balaban J connectivity index is 1.89. The van der Waals surface area contributed by atoms with Gasteiger partial charge < -0.3 is 10.1 Å². The van der Waals surface area contributed by atoms with Crippen LogP contribution in [-0.2, 0) is 16.6 Å². The lowest BCUT2D eigenvalue weighted by Crippen LogP contribution is -2.29. The summed E-state index contributed by atoms with van der Waals surface area (Å²) in [6, 6.07) is 24.5. The number of hydrogen-bond acceptors (Lipinski definition) is 3. The SMILES string of the molecule is COc1ccc(C(NC(=O)c2cccc(CS(C)=O)c2)c2ccccc2)cc1. The molecule has 1 N–H and O–H groups in total. The molecule has 0 spiro atoms. The van der Waals surface area contributed by atoms with Gasteiger partial charge in [-0.05, 0) is 41.0 Å². The van der Waals surface area contributed by atoms with Crippen molar-refractivity contribution in [3.63, 3.8) is 0 Å². The highest BCUT2D eigenvalue weighted by atomic mass is 32.2. The topological polar surface area (TPSA) is 55.4 Å². The molecule has 3 aromatic carbocycles. The summed E-state index contributed by atoms with van der Waals surface area (Å²) in [5, 5.41) is 3.13. The number of nitrogens with one attached hydrogen (secondary N) is 1. The second-order valence-corrected chi connectivity index (χ2v) is 7.94. The van der Waals surface area contributed by atoms with Crippen LogP contribution in [0, 0.1) is 0 Å². The Bertz CT molecular complexity index is 955. The van der Waals surface area contributed by atoms with Gasteiger partial charge in [-0.25, -0.2) is 0 Å². The minimum Gasteiger partial charge on any atom is -0.497 e. The van der Waals surface area contributed by atoms with E-state index in [1.54, 1.807) is 25.5 Å². The van der Waals surface area contributed by atoms with Gasteiger partial charge in [-0.3, -0.25) is 9.00 Å². The van der Waals surface area contributed by atoms with Crippen molar-refractivity contribution in [2.75, 3.05) is 13.4 Å². The molecule has 0 saturated heterocycles. The van der Waals surface area contributed by atoms with E-state index in [2.05, 4.69) is 5.32 Å². The van der Waals surface area contributed by atoms with Crippen LogP contribution in [0.15, 0.2) is 78.9 Å². The molecular weight excluding hydrogens is 370 g/mol. The lowest BCUT2D eigenvalue weighted by atomic mass is 9.98. The Morgan fingerprint density at radius 1 is 0.964 bits per heavy atom. The average molecular weight is 394 g/mol. The van der Waals surface area contributed by atoms with Crippen LogP contribution in [0.5, 0.6) is 5.75 Å². The Morgan fingerprint density at radius 2 is 1.64 bits per heavy atom. The fourth-order valence-corrected chi connectivity index (χ4v) is 3.70. The van der Waals surface area contributed by atoms with Crippen LogP contribution in [0.3, 0.4) is 0 Å².